The fourth-order valence-electron chi connectivity index (χ4n) is 8.56. The molecule has 0 bridgehead atoms. The zero-order chi connectivity index (χ0) is 34.9. The Morgan fingerprint density at radius 3 is 1.30 bits per heavy atom. The Morgan fingerprint density at radius 2 is 0.679 bits per heavy atom. The van der Waals surface area contributed by atoms with Crippen molar-refractivity contribution in [2.24, 2.45) is 0 Å². The summed E-state index contributed by atoms with van der Waals surface area (Å²) in [4.78, 5) is 0. The van der Waals surface area contributed by atoms with E-state index in [1.165, 1.54) is 76.5 Å². The van der Waals surface area contributed by atoms with Gasteiger partial charge in [-0.3, -0.25) is 0 Å². The van der Waals surface area contributed by atoms with Crippen molar-refractivity contribution in [1.29, 1.82) is 0 Å². The Kier molecular flexibility index (Phi) is 6.62. The lowest BCUT2D eigenvalue weighted by Crippen LogP contribution is -1.91. The highest BCUT2D eigenvalue weighted by atomic mass is 16.3. The first-order valence-electron chi connectivity index (χ1n) is 18.3. The van der Waals surface area contributed by atoms with Crippen molar-refractivity contribution in [2.45, 2.75) is 0 Å². The van der Waals surface area contributed by atoms with Crippen LogP contribution in [0.25, 0.3) is 110 Å². The molecule has 0 aliphatic carbocycles. The number of rotatable bonds is 4. The van der Waals surface area contributed by atoms with Crippen LogP contribution in [0.3, 0.4) is 0 Å². The maximum atomic E-state index is 6.53. The van der Waals surface area contributed by atoms with Gasteiger partial charge in [0, 0.05) is 16.3 Å². The summed E-state index contributed by atoms with van der Waals surface area (Å²) in [7, 11) is 0. The molecular weight excluding hydrogens is 641 g/mol. The summed E-state index contributed by atoms with van der Waals surface area (Å²) in [5.74, 6) is 0. The van der Waals surface area contributed by atoms with Crippen LogP contribution < -0.4 is 0 Å². The molecule has 0 N–H and O–H groups in total. The van der Waals surface area contributed by atoms with Gasteiger partial charge in [0.15, 0.2) is 0 Å². The lowest BCUT2D eigenvalue weighted by Gasteiger charge is -2.18. The van der Waals surface area contributed by atoms with E-state index in [2.05, 4.69) is 188 Å². The summed E-state index contributed by atoms with van der Waals surface area (Å²) in [6.07, 6.45) is 0. The molecule has 0 fully saturated rings. The van der Waals surface area contributed by atoms with Crippen LogP contribution in [-0.4, -0.2) is 0 Å². The largest absolute Gasteiger partial charge is 0.455 e. The minimum atomic E-state index is 0.916. The molecule has 1 aromatic heterocycles. The van der Waals surface area contributed by atoms with Gasteiger partial charge in [0.25, 0.3) is 0 Å². The van der Waals surface area contributed by atoms with Gasteiger partial charge in [-0.1, -0.05) is 176 Å². The van der Waals surface area contributed by atoms with Crippen molar-refractivity contribution in [1.82, 2.24) is 0 Å². The molecular formula is C52H32O. The molecule has 0 aliphatic heterocycles. The summed E-state index contributed by atoms with van der Waals surface area (Å²) in [6.45, 7) is 0. The summed E-state index contributed by atoms with van der Waals surface area (Å²) in [5, 5.41) is 12.3. The quantitative estimate of drug-likeness (QED) is 0.170. The molecule has 0 unspecified atom stereocenters. The minimum Gasteiger partial charge on any atom is -0.455 e. The predicted octanol–water partition coefficient (Wildman–Crippen LogP) is 14.9. The average Bonchev–Trinajstić information content (AvgIpc) is 3.60. The first-order valence-corrected chi connectivity index (χ1v) is 18.3. The first-order chi connectivity index (χ1) is 26.3. The van der Waals surface area contributed by atoms with E-state index in [9.17, 15) is 0 Å². The van der Waals surface area contributed by atoms with E-state index in [1.807, 2.05) is 6.07 Å². The fourth-order valence-corrected chi connectivity index (χ4v) is 8.56. The molecule has 11 aromatic rings. The van der Waals surface area contributed by atoms with Crippen molar-refractivity contribution < 1.29 is 4.42 Å². The SMILES string of the molecule is c1ccc2cc(-c3c4ccccc4c(-c4ccc(-c5ccc(-c6c7ccccc7cc7c6oc6ccccc67)cc5)cc4)c4ccccc34)ccc2c1. The Hall–Kier alpha value is -6.96. The van der Waals surface area contributed by atoms with Crippen molar-refractivity contribution in [2.75, 3.05) is 0 Å². The third-order valence-electron chi connectivity index (χ3n) is 11.0. The lowest BCUT2D eigenvalue weighted by molar-refractivity contribution is 0.670. The summed E-state index contributed by atoms with van der Waals surface area (Å²) in [6, 6.07) is 70.5. The molecule has 246 valence electrons. The van der Waals surface area contributed by atoms with Crippen LogP contribution in [0, 0.1) is 0 Å². The Bertz CT molecular complexity index is 3140. The second-order valence-corrected chi connectivity index (χ2v) is 14.0. The van der Waals surface area contributed by atoms with Crippen LogP contribution in [0.1, 0.15) is 0 Å². The minimum absolute atomic E-state index is 0.916. The molecule has 53 heavy (non-hydrogen) atoms. The smallest absolute Gasteiger partial charge is 0.143 e. The second-order valence-electron chi connectivity index (χ2n) is 14.0. The maximum Gasteiger partial charge on any atom is 0.143 e. The number of hydrogen-bond donors (Lipinski definition) is 0. The van der Waals surface area contributed by atoms with Crippen molar-refractivity contribution in [3.63, 3.8) is 0 Å². The number of hydrogen-bond acceptors (Lipinski definition) is 1. The van der Waals surface area contributed by atoms with Crippen molar-refractivity contribution in [3.05, 3.63) is 194 Å². The van der Waals surface area contributed by atoms with Crippen molar-refractivity contribution >= 4 is 65.0 Å². The Morgan fingerprint density at radius 1 is 0.245 bits per heavy atom. The van der Waals surface area contributed by atoms with Gasteiger partial charge in [-0.05, 0) is 100 Å². The number of furan rings is 1. The molecule has 10 aromatic carbocycles. The van der Waals surface area contributed by atoms with E-state index >= 15 is 0 Å². The molecule has 0 aliphatic rings. The average molecular weight is 673 g/mol. The molecule has 1 heteroatoms. The highest BCUT2D eigenvalue weighted by Gasteiger charge is 2.18. The van der Waals surface area contributed by atoms with E-state index in [0.29, 0.717) is 0 Å². The fraction of sp³-hybridized carbons (Fsp3) is 0. The summed E-state index contributed by atoms with van der Waals surface area (Å²) >= 11 is 0. The third-order valence-corrected chi connectivity index (χ3v) is 11.0. The highest BCUT2D eigenvalue weighted by molar-refractivity contribution is 6.22. The van der Waals surface area contributed by atoms with Crippen LogP contribution in [0.5, 0.6) is 0 Å². The maximum absolute atomic E-state index is 6.53. The van der Waals surface area contributed by atoms with Crippen LogP contribution >= 0.6 is 0 Å². The van der Waals surface area contributed by atoms with Crippen LogP contribution in [0.15, 0.2) is 199 Å². The van der Waals surface area contributed by atoms with Crippen LogP contribution in [-0.2, 0) is 0 Å². The van der Waals surface area contributed by atoms with Crippen LogP contribution in [0.2, 0.25) is 0 Å². The molecule has 0 atom stereocenters. The molecule has 1 heterocycles. The van der Waals surface area contributed by atoms with E-state index < -0.39 is 0 Å². The summed E-state index contributed by atoms with van der Waals surface area (Å²) in [5.41, 5.74) is 11.5. The zero-order valence-corrected chi connectivity index (χ0v) is 28.9. The van der Waals surface area contributed by atoms with Gasteiger partial charge in [0.2, 0.25) is 0 Å². The van der Waals surface area contributed by atoms with Crippen molar-refractivity contribution in [3.8, 4) is 44.5 Å². The number of benzene rings is 10. The monoisotopic (exact) mass is 672 g/mol. The van der Waals surface area contributed by atoms with E-state index in [1.54, 1.807) is 0 Å². The van der Waals surface area contributed by atoms with Gasteiger partial charge in [-0.2, -0.15) is 0 Å². The van der Waals surface area contributed by atoms with E-state index in [-0.39, 0.29) is 0 Å². The molecule has 0 radical (unpaired) electrons. The topological polar surface area (TPSA) is 13.1 Å². The Labute approximate surface area is 307 Å². The zero-order valence-electron chi connectivity index (χ0n) is 28.9. The van der Waals surface area contributed by atoms with Crippen LogP contribution in [0.4, 0.5) is 0 Å². The van der Waals surface area contributed by atoms with Gasteiger partial charge in [0.1, 0.15) is 11.2 Å². The number of fused-ring (bicyclic) bond motifs is 7. The van der Waals surface area contributed by atoms with E-state index in [0.717, 1.165) is 33.1 Å². The molecule has 0 amide bonds. The highest BCUT2D eigenvalue weighted by Crippen LogP contribution is 2.45. The molecule has 0 spiro atoms. The molecule has 11 rings (SSSR count). The predicted molar refractivity (Wildman–Crippen MR) is 225 cm³/mol. The lowest BCUT2D eigenvalue weighted by atomic mass is 9.85. The van der Waals surface area contributed by atoms with Gasteiger partial charge >= 0.3 is 0 Å². The molecule has 0 saturated heterocycles. The van der Waals surface area contributed by atoms with Gasteiger partial charge < -0.3 is 4.42 Å². The summed E-state index contributed by atoms with van der Waals surface area (Å²) < 4.78 is 6.53. The second kappa shape index (κ2) is 11.8. The first kappa shape index (κ1) is 29.7. The molecule has 0 saturated carbocycles. The standard InChI is InChI=1S/C52H32O/c1-2-12-38-31-40(30-25-33(38)11-1)50-45-18-7-5-16-43(45)49(44-17-6-8-19-46(44)50)36-26-21-34(22-27-36)35-23-28-37(29-24-35)51-41-14-4-3-13-39(41)32-47-42-15-9-10-20-48(42)53-52(47)51/h1-32H. The van der Waals surface area contributed by atoms with Gasteiger partial charge in [-0.25, -0.2) is 0 Å². The van der Waals surface area contributed by atoms with Gasteiger partial charge in [-0.15, -0.1) is 0 Å². The van der Waals surface area contributed by atoms with E-state index in [4.69, 9.17) is 4.42 Å². The number of para-hydroxylation sites is 1. The third kappa shape index (κ3) is 4.71. The molecule has 1 nitrogen and oxygen atoms in total. The van der Waals surface area contributed by atoms with Gasteiger partial charge in [0.05, 0.1) is 0 Å². The normalized spacial score (nSPS) is 11.8. The Balaban J connectivity index is 1.01.